The van der Waals surface area contributed by atoms with Crippen LogP contribution in [0.3, 0.4) is 0 Å². The Labute approximate surface area is 330 Å². The number of aldehydes is 1. The molecule has 0 unspecified atom stereocenters. The number of aliphatic hydroxyl groups is 4. The molecule has 18 atom stereocenters. The van der Waals surface area contributed by atoms with Crippen molar-refractivity contribution < 1.29 is 59.2 Å². The topological polar surface area (TPSA) is 200 Å². The zero-order valence-corrected chi connectivity index (χ0v) is 33.9. The van der Waals surface area contributed by atoms with Crippen LogP contribution in [0.1, 0.15) is 105 Å². The molecule has 12 heteroatoms. The van der Waals surface area contributed by atoms with Crippen LogP contribution in [0.5, 0.6) is 0 Å². The number of rotatable bonds is 9. The number of methoxy groups -OCH3 is 1. The number of allylic oxidation sites excluding steroid dienone is 2. The van der Waals surface area contributed by atoms with E-state index in [1.54, 1.807) is 7.11 Å². The predicted molar refractivity (Wildman–Crippen MR) is 202 cm³/mol. The van der Waals surface area contributed by atoms with Gasteiger partial charge in [0.25, 0.3) is 0 Å². The van der Waals surface area contributed by atoms with E-state index in [2.05, 4.69) is 52.8 Å². The number of carboxylic acids is 2. The maximum absolute atomic E-state index is 14.1. The van der Waals surface area contributed by atoms with Crippen LogP contribution in [0, 0.1) is 67.5 Å². The smallest absolute Gasteiger partial charge is 0.335 e. The Morgan fingerprint density at radius 1 is 0.964 bits per heavy atom. The second kappa shape index (κ2) is 13.2. The van der Waals surface area contributed by atoms with Gasteiger partial charge in [-0.2, -0.15) is 0 Å². The average molecular weight is 785 g/mol. The van der Waals surface area contributed by atoms with E-state index in [-0.39, 0.29) is 40.4 Å². The zero-order chi connectivity index (χ0) is 40.6. The number of aliphatic carboxylic acids is 2. The molecule has 0 aromatic carbocycles. The number of hydrogen-bond acceptors (Lipinski definition) is 10. The average Bonchev–Trinajstić information content (AvgIpc) is 3.12. The van der Waals surface area contributed by atoms with Crippen molar-refractivity contribution in [1.82, 2.24) is 0 Å². The second-order valence-electron chi connectivity index (χ2n) is 20.7. The van der Waals surface area contributed by atoms with E-state index in [0.717, 1.165) is 37.5 Å². The van der Waals surface area contributed by atoms with Gasteiger partial charge in [-0.05, 0) is 115 Å². The third-order valence-corrected chi connectivity index (χ3v) is 18.6. The summed E-state index contributed by atoms with van der Waals surface area (Å²) < 4.78 is 18.0. The largest absolute Gasteiger partial charge is 0.481 e. The summed E-state index contributed by atoms with van der Waals surface area (Å²) in [6.07, 6.45) is 5.06. The van der Waals surface area contributed by atoms with Crippen molar-refractivity contribution in [3.05, 3.63) is 23.8 Å². The highest BCUT2D eigenvalue weighted by molar-refractivity contribution is 5.80. The van der Waals surface area contributed by atoms with Crippen molar-refractivity contribution in [2.45, 2.75) is 148 Å². The summed E-state index contributed by atoms with van der Waals surface area (Å²) in [5, 5.41) is 66.0. The first-order chi connectivity index (χ1) is 26.3. The fourth-order valence-electron chi connectivity index (χ4n) is 16.3. The van der Waals surface area contributed by atoms with Crippen molar-refractivity contribution in [1.29, 1.82) is 0 Å². The van der Waals surface area contributed by atoms with Gasteiger partial charge >= 0.3 is 11.9 Å². The Hall–Kier alpha value is -2.19. The molecular formula is C44H64O12. The SMILES string of the molecule is COC[C@@H]1C[C@]2(C)CC=C[C@@]3(C4=C[C@@H]5CC[C@H]6C[C@H](O[C@@H]7O[C@H](C(=O)O)[C@@H](O)[C@H](O)[C@H]7O)C(C)(C)[C@@H]7CC[C@](C)([C@H]5[C@@]67C)[C@]4(CCC=O)CC[C@@]13C(=O)O)[C@@H]2O. The fourth-order valence-corrected chi connectivity index (χ4v) is 16.3. The first-order valence-electron chi connectivity index (χ1n) is 21.1. The lowest BCUT2D eigenvalue weighted by atomic mass is 9.26. The van der Waals surface area contributed by atoms with Crippen molar-refractivity contribution >= 4 is 18.2 Å². The minimum absolute atomic E-state index is 0.115. The van der Waals surface area contributed by atoms with Crippen LogP contribution in [0.4, 0.5) is 0 Å². The monoisotopic (exact) mass is 784 g/mol. The molecule has 56 heavy (non-hydrogen) atoms. The lowest BCUT2D eigenvalue weighted by molar-refractivity contribution is -0.333. The van der Waals surface area contributed by atoms with E-state index in [1.807, 2.05) is 0 Å². The van der Waals surface area contributed by atoms with Crippen molar-refractivity contribution in [3.63, 3.8) is 0 Å². The Morgan fingerprint density at radius 2 is 1.70 bits per heavy atom. The molecule has 0 aromatic rings. The lowest BCUT2D eigenvalue weighted by Gasteiger charge is -2.78. The Morgan fingerprint density at radius 3 is 2.36 bits per heavy atom. The van der Waals surface area contributed by atoms with Gasteiger partial charge in [0.1, 0.15) is 24.6 Å². The number of ether oxygens (including phenoxy) is 3. The maximum Gasteiger partial charge on any atom is 0.335 e. The molecule has 7 aliphatic carbocycles. The normalized spacial score (nSPS) is 53.8. The van der Waals surface area contributed by atoms with Crippen LogP contribution in [-0.2, 0) is 28.6 Å². The fraction of sp³-hybridized carbons (Fsp3) is 0.841. The number of carbonyl (C=O) groups excluding carboxylic acids is 1. The molecule has 0 aromatic heterocycles. The van der Waals surface area contributed by atoms with Crippen LogP contribution in [-0.4, -0.2) is 105 Å². The van der Waals surface area contributed by atoms with Gasteiger partial charge in [-0.3, -0.25) is 4.79 Å². The van der Waals surface area contributed by atoms with Crippen molar-refractivity contribution in [3.8, 4) is 0 Å². The van der Waals surface area contributed by atoms with Gasteiger partial charge in [0.2, 0.25) is 0 Å². The van der Waals surface area contributed by atoms with Gasteiger partial charge < -0.3 is 49.6 Å². The van der Waals surface area contributed by atoms with E-state index < -0.39 is 81.9 Å². The lowest BCUT2D eigenvalue weighted by Crippen LogP contribution is -2.75. The van der Waals surface area contributed by atoms with Gasteiger partial charge in [-0.25, -0.2) is 4.79 Å². The standard InChI is InChI=1S/C44H64O12/c1-38(2)26-11-15-40(4)33-23(9-10-24(41(26,33)5)20-28(38)55-35-31(48)29(46)30(47)32(56-35)34(49)50)19-27-42(40,13-8-18-45)16-17-43(37(52)53)25(22-54-6)21-39(3)12-7-14-44(27,43)36(39)51/h7,14,18-19,23-26,28-33,35-36,46-48,51H,8-13,15-17,20-22H2,1-6H3,(H,49,50)(H,52,53)/t23-,24-,25-,26-,28-,29-,30-,31+,32-,33-,35+,36+,39-,40+,41-,42+,43-,44+/m0/s1. The molecule has 5 saturated carbocycles. The molecule has 0 radical (unpaired) electrons. The second-order valence-corrected chi connectivity index (χ2v) is 20.7. The molecule has 8 aliphatic rings. The molecule has 1 spiro atoms. The summed E-state index contributed by atoms with van der Waals surface area (Å²) in [7, 11) is 1.63. The summed E-state index contributed by atoms with van der Waals surface area (Å²) >= 11 is 0. The summed E-state index contributed by atoms with van der Waals surface area (Å²) in [6, 6.07) is 0. The molecule has 1 heterocycles. The number of hydrogen-bond donors (Lipinski definition) is 6. The highest BCUT2D eigenvalue weighted by atomic mass is 16.7. The number of carbonyl (C=O) groups is 3. The van der Waals surface area contributed by atoms with Crippen molar-refractivity contribution in [2.24, 2.45) is 67.5 Å². The van der Waals surface area contributed by atoms with E-state index >= 15 is 0 Å². The van der Waals surface area contributed by atoms with Gasteiger partial charge in [0.05, 0.1) is 29.6 Å². The molecule has 6 fully saturated rings. The van der Waals surface area contributed by atoms with Gasteiger partial charge in [0.15, 0.2) is 12.4 Å². The Balaban J connectivity index is 1.24. The van der Waals surface area contributed by atoms with Crippen LogP contribution in [0.15, 0.2) is 23.8 Å². The minimum atomic E-state index is -1.80. The Kier molecular flexibility index (Phi) is 9.53. The summed E-state index contributed by atoms with van der Waals surface area (Å²) in [6.45, 7) is 11.6. The van der Waals surface area contributed by atoms with Crippen molar-refractivity contribution in [2.75, 3.05) is 13.7 Å². The zero-order valence-electron chi connectivity index (χ0n) is 33.9. The molecule has 1 saturated heterocycles. The molecule has 8 rings (SSSR count). The highest BCUT2D eigenvalue weighted by Crippen LogP contribution is 2.83. The first kappa shape index (κ1) is 40.6. The summed E-state index contributed by atoms with van der Waals surface area (Å²) in [5.74, 6) is -1.99. The third kappa shape index (κ3) is 4.81. The molecule has 2 bridgehead atoms. The van der Waals surface area contributed by atoms with Crippen LogP contribution in [0.2, 0.25) is 0 Å². The number of aliphatic hydroxyl groups excluding tert-OH is 4. The third-order valence-electron chi connectivity index (χ3n) is 18.6. The quantitative estimate of drug-likeness (QED) is 0.109. The molecular weight excluding hydrogens is 720 g/mol. The van der Waals surface area contributed by atoms with Gasteiger partial charge in [0, 0.05) is 19.4 Å². The van der Waals surface area contributed by atoms with Gasteiger partial charge in [-0.15, -0.1) is 0 Å². The van der Waals surface area contributed by atoms with E-state index in [0.29, 0.717) is 51.6 Å². The molecule has 1 aliphatic heterocycles. The van der Waals surface area contributed by atoms with Crippen LogP contribution >= 0.6 is 0 Å². The first-order valence-corrected chi connectivity index (χ1v) is 21.1. The summed E-state index contributed by atoms with van der Waals surface area (Å²) in [4.78, 5) is 38.4. The molecule has 12 nitrogen and oxygen atoms in total. The van der Waals surface area contributed by atoms with Crippen LogP contribution in [0.25, 0.3) is 0 Å². The van der Waals surface area contributed by atoms with Gasteiger partial charge in [-0.1, -0.05) is 58.4 Å². The molecule has 6 N–H and O–H groups in total. The molecule has 312 valence electrons. The van der Waals surface area contributed by atoms with E-state index in [9.17, 15) is 45.0 Å². The van der Waals surface area contributed by atoms with Crippen LogP contribution < -0.4 is 0 Å². The maximum atomic E-state index is 14.1. The number of fused-ring (bicyclic) bond motifs is 3. The summed E-state index contributed by atoms with van der Waals surface area (Å²) in [5.41, 5.74) is -3.46. The highest BCUT2D eigenvalue weighted by Gasteiger charge is 2.80. The van der Waals surface area contributed by atoms with E-state index in [4.69, 9.17) is 14.2 Å². The van der Waals surface area contributed by atoms with E-state index in [1.165, 1.54) is 0 Å². The predicted octanol–water partition coefficient (Wildman–Crippen LogP) is 4.51. The molecule has 0 amide bonds. The minimum Gasteiger partial charge on any atom is -0.481 e. The Bertz CT molecular complexity index is 1690. The number of carboxylic acid groups (broad SMARTS) is 2.